The van der Waals surface area contributed by atoms with E-state index in [1.165, 1.54) is 12.1 Å². The number of hydrogen-bond acceptors (Lipinski definition) is 3. The van der Waals surface area contributed by atoms with Crippen LogP contribution in [0.5, 0.6) is 0 Å². The van der Waals surface area contributed by atoms with Crippen LogP contribution in [0.3, 0.4) is 0 Å². The molecule has 146 valence electrons. The number of nitrogens with one attached hydrogen (secondary N) is 2. The lowest BCUT2D eigenvalue weighted by Gasteiger charge is -2.09. The summed E-state index contributed by atoms with van der Waals surface area (Å²) >= 11 is 0. The van der Waals surface area contributed by atoms with E-state index in [9.17, 15) is 18.0 Å². The van der Waals surface area contributed by atoms with Crippen molar-refractivity contribution in [3.05, 3.63) is 78.2 Å². The number of fused-ring (bicyclic) bond motifs is 1. The quantitative estimate of drug-likeness (QED) is 0.519. The van der Waals surface area contributed by atoms with Crippen LogP contribution >= 0.6 is 0 Å². The minimum atomic E-state index is -4.40. The molecule has 8 heteroatoms. The zero-order valence-electron chi connectivity index (χ0n) is 15.0. The smallest absolute Gasteiger partial charge is 0.310 e. The maximum absolute atomic E-state index is 12.6. The minimum absolute atomic E-state index is 0.0487. The molecule has 0 radical (unpaired) electrons. The maximum Gasteiger partial charge on any atom is 0.416 e. The molecule has 2 aromatic heterocycles. The Hall–Kier alpha value is -3.68. The van der Waals surface area contributed by atoms with Gasteiger partial charge in [0.2, 0.25) is 5.91 Å². The first kappa shape index (κ1) is 18.7. The van der Waals surface area contributed by atoms with Crippen LogP contribution in [0.2, 0.25) is 0 Å². The van der Waals surface area contributed by atoms with Gasteiger partial charge in [-0.2, -0.15) is 18.3 Å². The van der Waals surface area contributed by atoms with E-state index in [-0.39, 0.29) is 12.3 Å². The Morgan fingerprint density at radius 2 is 1.76 bits per heavy atom. The summed E-state index contributed by atoms with van der Waals surface area (Å²) in [6.45, 7) is 0. The molecule has 0 bridgehead atoms. The molecule has 0 saturated heterocycles. The van der Waals surface area contributed by atoms with Crippen LogP contribution in [0.15, 0.2) is 67.1 Å². The van der Waals surface area contributed by atoms with Gasteiger partial charge in [-0.25, -0.2) is 4.98 Å². The lowest BCUT2D eigenvalue weighted by atomic mass is 10.1. The van der Waals surface area contributed by atoms with Crippen molar-refractivity contribution in [1.29, 1.82) is 0 Å². The number of nitrogens with zero attached hydrogens (tertiary/aromatic N) is 2. The van der Waals surface area contributed by atoms with Gasteiger partial charge in [-0.1, -0.05) is 24.3 Å². The van der Waals surface area contributed by atoms with Crippen molar-refractivity contribution >= 4 is 22.5 Å². The summed E-state index contributed by atoms with van der Waals surface area (Å²) in [5, 5.41) is 11.2. The van der Waals surface area contributed by atoms with Gasteiger partial charge in [-0.05, 0) is 40.8 Å². The van der Waals surface area contributed by atoms with Crippen molar-refractivity contribution in [1.82, 2.24) is 15.2 Å². The molecule has 0 unspecified atom stereocenters. The first-order valence-electron chi connectivity index (χ1n) is 8.73. The van der Waals surface area contributed by atoms with Gasteiger partial charge in [0.15, 0.2) is 0 Å². The molecule has 1 amide bonds. The number of H-pyrrole nitrogens is 1. The summed E-state index contributed by atoms with van der Waals surface area (Å²) in [5.41, 5.74) is 1.65. The number of carbonyl (C=O) groups is 1. The first-order valence-corrected chi connectivity index (χ1v) is 8.73. The van der Waals surface area contributed by atoms with Crippen molar-refractivity contribution in [3.8, 4) is 11.1 Å². The van der Waals surface area contributed by atoms with Crippen molar-refractivity contribution in [3.63, 3.8) is 0 Å². The fourth-order valence-electron chi connectivity index (χ4n) is 2.98. The third-order valence-electron chi connectivity index (χ3n) is 4.47. The third kappa shape index (κ3) is 4.26. The standard InChI is InChI=1S/C21H15F3N4O/c22-21(23,24)18-5-1-13(2-6-18)7-20(29)28-19-9-16-8-14(17-11-26-27-12-17)3-4-15(16)10-25-19/h1-6,8-12H,7H2,(H,26,27)(H,25,28,29). The van der Waals surface area contributed by atoms with Crippen LogP contribution < -0.4 is 5.32 Å². The SMILES string of the molecule is O=C(Cc1ccc(C(F)(F)F)cc1)Nc1cc2cc(-c3cn[nH]c3)ccc2cn1. The van der Waals surface area contributed by atoms with Crippen molar-refractivity contribution < 1.29 is 18.0 Å². The highest BCUT2D eigenvalue weighted by Crippen LogP contribution is 2.29. The largest absolute Gasteiger partial charge is 0.416 e. The van der Waals surface area contributed by atoms with Gasteiger partial charge < -0.3 is 5.32 Å². The van der Waals surface area contributed by atoms with Crippen molar-refractivity contribution in [2.75, 3.05) is 5.32 Å². The highest BCUT2D eigenvalue weighted by molar-refractivity contribution is 5.94. The Labute approximate surface area is 163 Å². The molecule has 0 fully saturated rings. The molecule has 0 aliphatic carbocycles. The molecule has 4 aromatic rings. The molecule has 0 saturated carbocycles. The Morgan fingerprint density at radius 3 is 2.45 bits per heavy atom. The molecule has 4 rings (SSSR count). The average molecular weight is 396 g/mol. The van der Waals surface area contributed by atoms with Crippen LogP contribution in [0.25, 0.3) is 21.9 Å². The zero-order valence-corrected chi connectivity index (χ0v) is 15.0. The summed E-state index contributed by atoms with van der Waals surface area (Å²) in [6, 6.07) is 12.1. The van der Waals surface area contributed by atoms with E-state index in [1.54, 1.807) is 24.7 Å². The Kier molecular flexibility index (Phi) is 4.75. The highest BCUT2D eigenvalue weighted by Gasteiger charge is 2.29. The molecule has 0 spiro atoms. The number of alkyl halides is 3. The molecular weight excluding hydrogens is 381 g/mol. The van der Waals surface area contributed by atoms with Crippen LogP contribution in [0.4, 0.5) is 19.0 Å². The molecule has 0 aliphatic heterocycles. The second-order valence-electron chi connectivity index (χ2n) is 6.54. The number of benzene rings is 2. The molecule has 29 heavy (non-hydrogen) atoms. The highest BCUT2D eigenvalue weighted by atomic mass is 19.4. The van der Waals surface area contributed by atoms with E-state index in [2.05, 4.69) is 20.5 Å². The molecule has 2 aromatic carbocycles. The van der Waals surface area contributed by atoms with Crippen LogP contribution in [-0.2, 0) is 17.4 Å². The van der Waals surface area contributed by atoms with E-state index in [0.29, 0.717) is 11.4 Å². The maximum atomic E-state index is 12.6. The summed E-state index contributed by atoms with van der Waals surface area (Å²) in [5.74, 6) is 0.0151. The molecule has 0 atom stereocenters. The zero-order chi connectivity index (χ0) is 20.4. The van der Waals surface area contributed by atoms with Gasteiger partial charge >= 0.3 is 6.18 Å². The Balaban J connectivity index is 1.49. The van der Waals surface area contributed by atoms with Gasteiger partial charge in [0.25, 0.3) is 0 Å². The first-order chi connectivity index (χ1) is 13.9. The minimum Gasteiger partial charge on any atom is -0.310 e. The Morgan fingerprint density at radius 1 is 0.966 bits per heavy atom. The molecule has 0 aliphatic rings. The fourth-order valence-corrected chi connectivity index (χ4v) is 2.98. The summed E-state index contributed by atoms with van der Waals surface area (Å²) in [4.78, 5) is 16.5. The normalized spacial score (nSPS) is 11.6. The number of carbonyl (C=O) groups excluding carboxylic acids is 1. The number of hydrogen-bond donors (Lipinski definition) is 2. The lowest BCUT2D eigenvalue weighted by Crippen LogP contribution is -2.15. The van der Waals surface area contributed by atoms with Gasteiger partial charge in [0, 0.05) is 23.3 Å². The second kappa shape index (κ2) is 7.38. The van der Waals surface area contributed by atoms with Gasteiger partial charge in [0.1, 0.15) is 5.82 Å². The molecule has 2 heterocycles. The topological polar surface area (TPSA) is 70.7 Å². The van der Waals surface area contributed by atoms with E-state index in [4.69, 9.17) is 0 Å². The summed E-state index contributed by atoms with van der Waals surface area (Å²) < 4.78 is 37.9. The van der Waals surface area contributed by atoms with Gasteiger partial charge in [-0.15, -0.1) is 0 Å². The average Bonchev–Trinajstić information content (AvgIpc) is 3.22. The monoisotopic (exact) mass is 396 g/mol. The van der Waals surface area contributed by atoms with E-state index >= 15 is 0 Å². The summed E-state index contributed by atoms with van der Waals surface area (Å²) in [7, 11) is 0. The predicted molar refractivity (Wildman–Crippen MR) is 103 cm³/mol. The van der Waals surface area contributed by atoms with E-state index in [0.717, 1.165) is 34.0 Å². The predicted octanol–water partition coefficient (Wildman–Crippen LogP) is 4.82. The Bertz CT molecular complexity index is 1150. The van der Waals surface area contributed by atoms with Crippen LogP contribution in [-0.4, -0.2) is 21.1 Å². The number of rotatable bonds is 4. The van der Waals surface area contributed by atoms with Crippen molar-refractivity contribution in [2.45, 2.75) is 12.6 Å². The number of aromatic nitrogens is 3. The fraction of sp³-hybridized carbons (Fsp3) is 0.0952. The van der Waals surface area contributed by atoms with Crippen LogP contribution in [0.1, 0.15) is 11.1 Å². The molecule has 2 N–H and O–H groups in total. The van der Waals surface area contributed by atoms with Gasteiger partial charge in [-0.3, -0.25) is 9.89 Å². The number of amides is 1. The number of anilines is 1. The lowest BCUT2D eigenvalue weighted by molar-refractivity contribution is -0.137. The van der Waals surface area contributed by atoms with Crippen molar-refractivity contribution in [2.24, 2.45) is 0 Å². The van der Waals surface area contributed by atoms with Crippen LogP contribution in [0, 0.1) is 0 Å². The van der Waals surface area contributed by atoms with E-state index in [1.807, 2.05) is 18.2 Å². The third-order valence-corrected chi connectivity index (χ3v) is 4.47. The number of aromatic amines is 1. The number of pyridine rings is 1. The molecular formula is C21H15F3N4O. The van der Waals surface area contributed by atoms with Gasteiger partial charge in [0.05, 0.1) is 18.2 Å². The number of halogens is 3. The molecule has 5 nitrogen and oxygen atoms in total. The van der Waals surface area contributed by atoms with E-state index < -0.39 is 11.7 Å². The summed E-state index contributed by atoms with van der Waals surface area (Å²) in [6.07, 6.45) is 0.713. The second-order valence-corrected chi connectivity index (χ2v) is 6.54.